The Hall–Kier alpha value is -0.600. The van der Waals surface area contributed by atoms with E-state index in [9.17, 15) is 4.39 Å². The van der Waals surface area contributed by atoms with Crippen molar-refractivity contribution in [2.24, 2.45) is 0 Å². The van der Waals surface area contributed by atoms with Gasteiger partial charge in [0.2, 0.25) is 0 Å². The van der Waals surface area contributed by atoms with E-state index in [-0.39, 0.29) is 5.82 Å². The van der Waals surface area contributed by atoms with Gasteiger partial charge >= 0.3 is 0 Å². The summed E-state index contributed by atoms with van der Waals surface area (Å²) in [4.78, 5) is 0. The first-order valence-corrected chi connectivity index (χ1v) is 5.66. The van der Waals surface area contributed by atoms with Gasteiger partial charge in [-0.15, -0.1) is 0 Å². The molecule has 1 aliphatic rings. The third kappa shape index (κ3) is 3.18. The molecule has 0 aromatic heterocycles. The molecule has 1 N–H and O–H groups in total. The lowest BCUT2D eigenvalue weighted by molar-refractivity contribution is 0.440. The maximum atomic E-state index is 13.1. The molecular formula is C12H14ClFN. The van der Waals surface area contributed by atoms with Crippen molar-refractivity contribution < 1.29 is 4.39 Å². The van der Waals surface area contributed by atoms with Crippen LogP contribution in [0.4, 0.5) is 4.39 Å². The molecule has 1 nitrogen and oxygen atoms in total. The summed E-state index contributed by atoms with van der Waals surface area (Å²) in [5.74, 6) is -0.274. The van der Waals surface area contributed by atoms with Crippen LogP contribution in [0.2, 0.25) is 5.02 Å². The van der Waals surface area contributed by atoms with Crippen molar-refractivity contribution in [1.82, 2.24) is 5.32 Å². The highest BCUT2D eigenvalue weighted by atomic mass is 35.5. The topological polar surface area (TPSA) is 12.0 Å². The maximum absolute atomic E-state index is 13.1. The van der Waals surface area contributed by atoms with Crippen LogP contribution < -0.4 is 5.32 Å². The van der Waals surface area contributed by atoms with Gasteiger partial charge in [-0.25, -0.2) is 4.39 Å². The summed E-state index contributed by atoms with van der Waals surface area (Å²) >= 11 is 5.79. The minimum Gasteiger partial charge on any atom is -0.313 e. The molecule has 1 heterocycles. The van der Waals surface area contributed by atoms with Crippen LogP contribution in [-0.2, 0) is 0 Å². The zero-order chi connectivity index (χ0) is 10.7. The van der Waals surface area contributed by atoms with Crippen molar-refractivity contribution in [3.63, 3.8) is 0 Å². The Balaban J connectivity index is 2.02. The van der Waals surface area contributed by atoms with E-state index >= 15 is 0 Å². The SMILES string of the molecule is Fc1cc(Cl)cc([CH][C@@H]2CCCCN2)c1. The lowest BCUT2D eigenvalue weighted by Crippen LogP contribution is -2.34. The van der Waals surface area contributed by atoms with Gasteiger partial charge in [0.05, 0.1) is 0 Å². The first-order valence-electron chi connectivity index (χ1n) is 5.28. The van der Waals surface area contributed by atoms with Crippen LogP contribution in [0.25, 0.3) is 0 Å². The Morgan fingerprint density at radius 2 is 2.20 bits per heavy atom. The van der Waals surface area contributed by atoms with Gasteiger partial charge < -0.3 is 5.32 Å². The third-order valence-corrected chi connectivity index (χ3v) is 2.85. The predicted molar refractivity (Wildman–Crippen MR) is 60.5 cm³/mol. The van der Waals surface area contributed by atoms with Crippen molar-refractivity contribution in [3.05, 3.63) is 41.0 Å². The molecule has 0 aliphatic carbocycles. The standard InChI is InChI=1S/C12H14ClFN/c13-10-5-9(6-11(14)8-10)7-12-3-1-2-4-15-12/h5-8,12,15H,1-4H2/t12-/m0/s1. The molecule has 0 unspecified atom stereocenters. The second-order valence-electron chi connectivity index (χ2n) is 3.93. The van der Waals surface area contributed by atoms with Crippen molar-refractivity contribution in [3.8, 4) is 0 Å². The highest BCUT2D eigenvalue weighted by molar-refractivity contribution is 6.30. The molecular weight excluding hydrogens is 213 g/mol. The van der Waals surface area contributed by atoms with Crippen LogP contribution in [0.15, 0.2) is 18.2 Å². The number of nitrogens with one attached hydrogen (secondary N) is 1. The number of hydrogen-bond acceptors (Lipinski definition) is 1. The normalized spacial score (nSPS) is 21.6. The van der Waals surface area contributed by atoms with Crippen LogP contribution in [0.5, 0.6) is 0 Å². The van der Waals surface area contributed by atoms with Crippen molar-refractivity contribution in [2.45, 2.75) is 25.3 Å². The number of benzene rings is 1. The summed E-state index contributed by atoms with van der Waals surface area (Å²) in [6.07, 6.45) is 5.63. The molecule has 1 atom stereocenters. The average molecular weight is 227 g/mol. The molecule has 1 aliphatic heterocycles. The van der Waals surface area contributed by atoms with Crippen LogP contribution in [0.3, 0.4) is 0 Å². The largest absolute Gasteiger partial charge is 0.313 e. The van der Waals surface area contributed by atoms with E-state index < -0.39 is 0 Å². The number of halogens is 2. The maximum Gasteiger partial charge on any atom is 0.124 e. The Kier molecular flexibility index (Phi) is 3.60. The zero-order valence-corrected chi connectivity index (χ0v) is 9.23. The molecule has 0 bridgehead atoms. The molecule has 2 rings (SSSR count). The Morgan fingerprint density at radius 1 is 1.33 bits per heavy atom. The van der Waals surface area contributed by atoms with Gasteiger partial charge in [0.1, 0.15) is 5.82 Å². The van der Waals surface area contributed by atoms with Crippen LogP contribution in [-0.4, -0.2) is 12.6 Å². The molecule has 0 spiro atoms. The van der Waals surface area contributed by atoms with Crippen molar-refractivity contribution >= 4 is 11.6 Å². The average Bonchev–Trinajstić information content (AvgIpc) is 2.17. The quantitative estimate of drug-likeness (QED) is 0.817. The monoisotopic (exact) mass is 226 g/mol. The van der Waals surface area contributed by atoms with E-state index in [1.807, 2.05) is 6.42 Å². The minimum absolute atomic E-state index is 0.274. The molecule has 0 amide bonds. The molecule has 1 radical (unpaired) electrons. The molecule has 81 valence electrons. The van der Waals surface area contributed by atoms with E-state index in [0.29, 0.717) is 11.1 Å². The molecule has 1 fully saturated rings. The van der Waals surface area contributed by atoms with Crippen molar-refractivity contribution in [1.29, 1.82) is 0 Å². The van der Waals surface area contributed by atoms with Crippen LogP contribution in [0.1, 0.15) is 24.8 Å². The minimum atomic E-state index is -0.274. The second kappa shape index (κ2) is 4.95. The predicted octanol–water partition coefficient (Wildman–Crippen LogP) is 3.17. The van der Waals surface area contributed by atoms with Gasteiger partial charge in [-0.05, 0) is 43.1 Å². The summed E-state index contributed by atoms with van der Waals surface area (Å²) in [7, 11) is 0. The van der Waals surface area contributed by atoms with E-state index in [1.165, 1.54) is 25.0 Å². The summed E-state index contributed by atoms with van der Waals surface area (Å²) in [5.41, 5.74) is 0.861. The summed E-state index contributed by atoms with van der Waals surface area (Å²) < 4.78 is 13.1. The van der Waals surface area contributed by atoms with Gasteiger partial charge in [0, 0.05) is 17.5 Å². The van der Waals surface area contributed by atoms with Gasteiger partial charge in [0.15, 0.2) is 0 Å². The van der Waals surface area contributed by atoms with Gasteiger partial charge in [-0.2, -0.15) is 0 Å². The molecule has 1 saturated heterocycles. The van der Waals surface area contributed by atoms with Gasteiger partial charge in [-0.1, -0.05) is 18.0 Å². The Labute approximate surface area is 94.6 Å². The smallest absolute Gasteiger partial charge is 0.124 e. The first-order chi connectivity index (χ1) is 7.24. The van der Waals surface area contributed by atoms with Gasteiger partial charge in [-0.3, -0.25) is 0 Å². The number of piperidine rings is 1. The van der Waals surface area contributed by atoms with Crippen molar-refractivity contribution in [2.75, 3.05) is 6.54 Å². The number of rotatable bonds is 2. The molecule has 1 aromatic carbocycles. The fourth-order valence-corrected chi connectivity index (χ4v) is 2.15. The third-order valence-electron chi connectivity index (χ3n) is 2.63. The number of hydrogen-bond donors (Lipinski definition) is 1. The summed E-state index contributed by atoms with van der Waals surface area (Å²) in [5, 5.41) is 3.84. The van der Waals surface area contributed by atoms with E-state index in [1.54, 1.807) is 6.07 Å². The summed E-state index contributed by atoms with van der Waals surface area (Å²) in [6.45, 7) is 1.05. The first kappa shape index (κ1) is 10.9. The van der Waals surface area contributed by atoms with Crippen LogP contribution in [0, 0.1) is 12.2 Å². The van der Waals surface area contributed by atoms with E-state index in [0.717, 1.165) is 18.5 Å². The molecule has 1 aromatic rings. The highest BCUT2D eigenvalue weighted by Gasteiger charge is 2.13. The molecule has 15 heavy (non-hydrogen) atoms. The highest BCUT2D eigenvalue weighted by Crippen LogP contribution is 2.19. The lowest BCUT2D eigenvalue weighted by atomic mass is 9.98. The lowest BCUT2D eigenvalue weighted by Gasteiger charge is -2.23. The molecule has 3 heteroatoms. The summed E-state index contributed by atoms with van der Waals surface area (Å²) in [6, 6.07) is 4.99. The fraction of sp³-hybridized carbons (Fsp3) is 0.417. The second-order valence-corrected chi connectivity index (χ2v) is 4.36. The van der Waals surface area contributed by atoms with Gasteiger partial charge in [0.25, 0.3) is 0 Å². The zero-order valence-electron chi connectivity index (χ0n) is 8.47. The van der Waals surface area contributed by atoms with E-state index in [2.05, 4.69) is 5.32 Å². The Morgan fingerprint density at radius 3 is 2.87 bits per heavy atom. The van der Waals surface area contributed by atoms with Crippen LogP contribution >= 0.6 is 11.6 Å². The molecule has 0 saturated carbocycles. The Bertz CT molecular complexity index is 314. The van der Waals surface area contributed by atoms with E-state index in [4.69, 9.17) is 11.6 Å². The fourth-order valence-electron chi connectivity index (χ4n) is 1.92.